The van der Waals surface area contributed by atoms with Crippen molar-refractivity contribution in [2.45, 2.75) is 25.2 Å². The number of nitrogens with zero attached hydrogens (tertiary/aromatic N) is 1. The largest absolute Gasteiger partial charge is 0.497 e. The number of fused-ring (bicyclic) bond motifs is 1. The second kappa shape index (κ2) is 4.93. The average Bonchev–Trinajstić information content (AvgIpc) is 2.78. The molecule has 0 bridgehead atoms. The van der Waals surface area contributed by atoms with Gasteiger partial charge in [-0.3, -0.25) is 0 Å². The normalized spacial score (nSPS) is 32.2. The lowest BCUT2D eigenvalue weighted by atomic mass is 9.71. The Hall–Kier alpha value is -1.02. The smallest absolute Gasteiger partial charge is 0.119 e. The van der Waals surface area contributed by atoms with Crippen molar-refractivity contribution in [3.63, 3.8) is 0 Å². The Balaban J connectivity index is 1.85. The van der Waals surface area contributed by atoms with Crippen molar-refractivity contribution in [1.29, 1.82) is 0 Å². The fourth-order valence-electron chi connectivity index (χ4n) is 3.98. The lowest BCUT2D eigenvalue weighted by Gasteiger charge is -2.33. The monoisotopic (exact) mass is 245 g/mol. The molecule has 98 valence electrons. The maximum Gasteiger partial charge on any atom is 0.119 e. The third-order valence-electron chi connectivity index (χ3n) is 4.80. The highest BCUT2D eigenvalue weighted by atomic mass is 16.5. The molecule has 0 radical (unpaired) electrons. The first kappa shape index (κ1) is 12.0. The minimum atomic E-state index is 0.740. The summed E-state index contributed by atoms with van der Waals surface area (Å²) in [6, 6.07) is 8.71. The van der Waals surface area contributed by atoms with Crippen molar-refractivity contribution < 1.29 is 4.74 Å². The van der Waals surface area contributed by atoms with Crippen molar-refractivity contribution in [3.05, 3.63) is 29.8 Å². The number of methoxy groups -OCH3 is 1. The van der Waals surface area contributed by atoms with Gasteiger partial charge >= 0.3 is 0 Å². The Morgan fingerprint density at radius 1 is 1.22 bits per heavy atom. The number of rotatable bonds is 2. The first-order valence-electron chi connectivity index (χ1n) is 7.10. The first-order chi connectivity index (χ1) is 8.78. The average molecular weight is 245 g/mol. The Labute approximate surface area is 110 Å². The molecule has 1 saturated carbocycles. The van der Waals surface area contributed by atoms with Crippen molar-refractivity contribution in [1.82, 2.24) is 4.90 Å². The molecule has 1 aromatic carbocycles. The molecule has 2 fully saturated rings. The van der Waals surface area contributed by atoms with Crippen LogP contribution in [0, 0.1) is 11.8 Å². The molecule has 0 aromatic heterocycles. The van der Waals surface area contributed by atoms with Gasteiger partial charge in [-0.1, -0.05) is 18.6 Å². The van der Waals surface area contributed by atoms with Crippen LogP contribution in [0.2, 0.25) is 0 Å². The number of hydrogen-bond acceptors (Lipinski definition) is 2. The van der Waals surface area contributed by atoms with Gasteiger partial charge in [-0.2, -0.15) is 0 Å². The minimum Gasteiger partial charge on any atom is -0.497 e. The van der Waals surface area contributed by atoms with E-state index in [0.717, 1.165) is 23.5 Å². The van der Waals surface area contributed by atoms with E-state index in [1.165, 1.54) is 37.9 Å². The summed E-state index contributed by atoms with van der Waals surface area (Å²) in [6.07, 6.45) is 4.16. The summed E-state index contributed by atoms with van der Waals surface area (Å²) in [4.78, 5) is 2.51. The minimum absolute atomic E-state index is 0.740. The topological polar surface area (TPSA) is 12.5 Å². The SMILES string of the molecule is COc1cccc([C@H]2CCC[C@H]3CN(C)C[C@H]32)c1. The fourth-order valence-corrected chi connectivity index (χ4v) is 3.98. The molecule has 0 N–H and O–H groups in total. The van der Waals surface area contributed by atoms with Crippen LogP contribution < -0.4 is 4.74 Å². The van der Waals surface area contributed by atoms with Gasteiger partial charge in [0, 0.05) is 13.1 Å². The van der Waals surface area contributed by atoms with Crippen LogP contribution in [0.3, 0.4) is 0 Å². The van der Waals surface area contributed by atoms with Crippen LogP contribution in [0.25, 0.3) is 0 Å². The molecule has 1 saturated heterocycles. The van der Waals surface area contributed by atoms with Crippen LogP contribution in [0.15, 0.2) is 24.3 Å². The van der Waals surface area contributed by atoms with Crippen molar-refractivity contribution in [3.8, 4) is 5.75 Å². The molecule has 1 aliphatic carbocycles. The zero-order chi connectivity index (χ0) is 12.5. The van der Waals surface area contributed by atoms with Crippen molar-refractivity contribution in [2.75, 3.05) is 27.2 Å². The van der Waals surface area contributed by atoms with E-state index in [0.29, 0.717) is 0 Å². The highest BCUT2D eigenvalue weighted by molar-refractivity contribution is 5.32. The fraction of sp³-hybridized carbons (Fsp3) is 0.625. The summed E-state index contributed by atoms with van der Waals surface area (Å²) in [5, 5.41) is 0. The van der Waals surface area contributed by atoms with E-state index in [1.807, 2.05) is 6.07 Å². The van der Waals surface area contributed by atoms with Gasteiger partial charge in [0.15, 0.2) is 0 Å². The lowest BCUT2D eigenvalue weighted by molar-refractivity contribution is 0.257. The second-order valence-corrected chi connectivity index (χ2v) is 5.96. The van der Waals surface area contributed by atoms with E-state index in [1.54, 1.807) is 7.11 Å². The van der Waals surface area contributed by atoms with Gasteiger partial charge in [0.25, 0.3) is 0 Å². The Morgan fingerprint density at radius 3 is 2.94 bits per heavy atom. The summed E-state index contributed by atoms with van der Waals surface area (Å²) in [5.74, 6) is 3.51. The predicted molar refractivity (Wildman–Crippen MR) is 74.1 cm³/mol. The molecule has 0 unspecified atom stereocenters. The zero-order valence-corrected chi connectivity index (χ0v) is 11.4. The standard InChI is InChI=1S/C16H23NO/c1-17-10-13-6-4-8-15(16(13)11-17)12-5-3-7-14(9-12)18-2/h3,5,7,9,13,15-16H,4,6,8,10-11H2,1-2H3/t13-,15+,16+/m0/s1. The van der Waals surface area contributed by atoms with Gasteiger partial charge < -0.3 is 9.64 Å². The highest BCUT2D eigenvalue weighted by Gasteiger charge is 2.39. The number of ether oxygens (including phenoxy) is 1. The summed E-state index contributed by atoms with van der Waals surface area (Å²) in [7, 11) is 4.02. The molecule has 1 aliphatic heterocycles. The summed E-state index contributed by atoms with van der Waals surface area (Å²) in [5.41, 5.74) is 1.49. The number of benzene rings is 1. The van der Waals surface area contributed by atoms with Gasteiger partial charge in [-0.25, -0.2) is 0 Å². The van der Waals surface area contributed by atoms with Crippen LogP contribution in [-0.4, -0.2) is 32.1 Å². The van der Waals surface area contributed by atoms with Gasteiger partial charge in [0.1, 0.15) is 5.75 Å². The van der Waals surface area contributed by atoms with Crippen LogP contribution >= 0.6 is 0 Å². The maximum atomic E-state index is 5.37. The third kappa shape index (κ3) is 2.14. The Kier molecular flexibility index (Phi) is 3.29. The molecule has 1 aromatic rings. The molecular formula is C16H23NO. The lowest BCUT2D eigenvalue weighted by Crippen LogP contribution is -2.25. The third-order valence-corrected chi connectivity index (χ3v) is 4.80. The van der Waals surface area contributed by atoms with Crippen LogP contribution in [0.1, 0.15) is 30.7 Å². The highest BCUT2D eigenvalue weighted by Crippen LogP contribution is 2.45. The van der Waals surface area contributed by atoms with Crippen molar-refractivity contribution >= 4 is 0 Å². The molecular weight excluding hydrogens is 222 g/mol. The van der Waals surface area contributed by atoms with Gasteiger partial charge in [0.2, 0.25) is 0 Å². The van der Waals surface area contributed by atoms with Gasteiger partial charge in [-0.15, -0.1) is 0 Å². The summed E-state index contributed by atoms with van der Waals surface area (Å²) in [6.45, 7) is 2.57. The molecule has 2 aliphatic rings. The first-order valence-corrected chi connectivity index (χ1v) is 7.10. The van der Waals surface area contributed by atoms with E-state index >= 15 is 0 Å². The molecule has 18 heavy (non-hydrogen) atoms. The van der Waals surface area contributed by atoms with Crippen LogP contribution in [0.4, 0.5) is 0 Å². The Bertz CT molecular complexity index is 417. The molecule has 0 spiro atoms. The second-order valence-electron chi connectivity index (χ2n) is 5.96. The number of hydrogen-bond donors (Lipinski definition) is 0. The molecule has 2 nitrogen and oxygen atoms in total. The molecule has 2 heteroatoms. The van der Waals surface area contributed by atoms with Gasteiger partial charge in [-0.05, 0) is 55.3 Å². The van der Waals surface area contributed by atoms with Gasteiger partial charge in [0.05, 0.1) is 7.11 Å². The molecule has 3 atom stereocenters. The zero-order valence-electron chi connectivity index (χ0n) is 11.4. The summed E-state index contributed by atoms with van der Waals surface area (Å²) >= 11 is 0. The van der Waals surface area contributed by atoms with E-state index in [2.05, 4.69) is 30.1 Å². The molecule has 1 heterocycles. The quantitative estimate of drug-likeness (QED) is 0.793. The van der Waals surface area contributed by atoms with E-state index < -0.39 is 0 Å². The van der Waals surface area contributed by atoms with E-state index in [4.69, 9.17) is 4.74 Å². The van der Waals surface area contributed by atoms with Crippen LogP contribution in [-0.2, 0) is 0 Å². The van der Waals surface area contributed by atoms with Crippen LogP contribution in [0.5, 0.6) is 5.75 Å². The Morgan fingerprint density at radius 2 is 2.11 bits per heavy atom. The van der Waals surface area contributed by atoms with E-state index in [-0.39, 0.29) is 0 Å². The predicted octanol–water partition coefficient (Wildman–Crippen LogP) is 3.14. The summed E-state index contributed by atoms with van der Waals surface area (Å²) < 4.78 is 5.37. The van der Waals surface area contributed by atoms with E-state index in [9.17, 15) is 0 Å². The molecule has 3 rings (SSSR count). The number of likely N-dealkylation sites (tertiary alicyclic amines) is 1. The molecule has 0 amide bonds. The maximum absolute atomic E-state index is 5.37. The van der Waals surface area contributed by atoms with Crippen molar-refractivity contribution in [2.24, 2.45) is 11.8 Å².